The minimum atomic E-state index is -5.12. The fourth-order valence-electron chi connectivity index (χ4n) is 4.41. The van der Waals surface area contributed by atoms with Crippen LogP contribution < -0.4 is 0 Å². The van der Waals surface area contributed by atoms with E-state index < -0.39 is 52.5 Å². The van der Waals surface area contributed by atoms with Crippen LogP contribution in [0.25, 0.3) is 34.0 Å². The molecule has 7 nitrogen and oxygen atoms in total. The van der Waals surface area contributed by atoms with Crippen molar-refractivity contribution < 1.29 is 40.3 Å². The average molecular weight is 618 g/mol. The Balaban J connectivity index is 1.57. The summed E-state index contributed by atoms with van der Waals surface area (Å²) in [5.41, 5.74) is -4.12. The van der Waals surface area contributed by atoms with Gasteiger partial charge in [0, 0.05) is 18.0 Å². The molecule has 3 heterocycles. The standard InChI is InChI=1S/C30H22F7N5O2/c1-28(2,3)44-27(43)25(42-13-12-22-24(15-42)39-26(38-22)18-6-4-5-7-20(18)31)23-11-10-21(40-41-23)17-9-8-16(29(32,33)34)14-19(17)30(35,36)37/h4-15,25H,1-3H3. The van der Waals surface area contributed by atoms with Crippen molar-refractivity contribution in [3.63, 3.8) is 0 Å². The van der Waals surface area contributed by atoms with E-state index in [1.807, 2.05) is 0 Å². The Hall–Kier alpha value is -4.88. The minimum absolute atomic E-state index is 0.00988. The Kier molecular flexibility index (Phi) is 7.64. The molecule has 0 amide bonds. The van der Waals surface area contributed by atoms with Gasteiger partial charge in [-0.2, -0.15) is 36.5 Å². The second-order valence-electron chi connectivity index (χ2n) is 10.7. The zero-order valence-electron chi connectivity index (χ0n) is 23.2. The number of pyridine rings is 1. The molecule has 2 aromatic carbocycles. The van der Waals surface area contributed by atoms with Crippen LogP contribution in [0.2, 0.25) is 0 Å². The van der Waals surface area contributed by atoms with Crippen LogP contribution in [0.1, 0.15) is 43.6 Å². The summed E-state index contributed by atoms with van der Waals surface area (Å²) in [5, 5.41) is 7.81. The number of halogens is 7. The van der Waals surface area contributed by atoms with Crippen molar-refractivity contribution in [2.24, 2.45) is 0 Å². The molecule has 228 valence electrons. The van der Waals surface area contributed by atoms with Gasteiger partial charge >= 0.3 is 18.3 Å². The molecule has 1 atom stereocenters. The number of aromatic nitrogens is 5. The third-order valence-electron chi connectivity index (χ3n) is 6.33. The Bertz CT molecular complexity index is 1790. The smallest absolute Gasteiger partial charge is 0.417 e. The first-order chi connectivity index (χ1) is 20.5. The molecule has 0 spiro atoms. The van der Waals surface area contributed by atoms with Crippen LogP contribution in [-0.2, 0) is 21.9 Å². The first-order valence-electron chi connectivity index (χ1n) is 13.0. The van der Waals surface area contributed by atoms with Crippen molar-refractivity contribution in [3.8, 4) is 34.0 Å². The Morgan fingerprint density at radius 3 is 2.11 bits per heavy atom. The molecular formula is C30H22F7N5O2. The molecule has 0 aliphatic carbocycles. The maximum absolute atomic E-state index is 14.3. The van der Waals surface area contributed by atoms with E-state index in [-0.39, 0.29) is 28.8 Å². The monoisotopic (exact) mass is 617 g/mol. The van der Waals surface area contributed by atoms with Gasteiger partial charge in [0.15, 0.2) is 11.9 Å². The fourth-order valence-corrected chi connectivity index (χ4v) is 4.41. The topological polar surface area (TPSA) is 82.8 Å². The SMILES string of the molecule is CC(C)(C)OC(=O)C(c1ccc(-c2ccc(C(F)(F)F)cc2C(F)(F)F)nn1)n1ccc2nc(-c3ccccc3F)nc-2c1. The lowest BCUT2D eigenvalue weighted by atomic mass is 10.00. The number of esters is 1. The first-order valence-corrected chi connectivity index (χ1v) is 13.0. The van der Waals surface area contributed by atoms with Crippen LogP contribution in [0.5, 0.6) is 0 Å². The van der Waals surface area contributed by atoms with Gasteiger partial charge in [-0.15, -0.1) is 0 Å². The molecule has 1 unspecified atom stereocenters. The van der Waals surface area contributed by atoms with Crippen LogP contribution in [0.3, 0.4) is 0 Å². The molecule has 0 fully saturated rings. The molecule has 1 aromatic heterocycles. The van der Waals surface area contributed by atoms with Crippen molar-refractivity contribution in [2.75, 3.05) is 0 Å². The highest BCUT2D eigenvalue weighted by Crippen LogP contribution is 2.40. The summed E-state index contributed by atoms with van der Waals surface area (Å²) in [6.45, 7) is 4.91. The number of ether oxygens (including phenoxy) is 1. The maximum atomic E-state index is 14.3. The number of nitrogens with zero attached hydrogens (tertiary/aromatic N) is 5. The van der Waals surface area contributed by atoms with Crippen molar-refractivity contribution in [3.05, 3.63) is 95.7 Å². The Morgan fingerprint density at radius 1 is 0.795 bits per heavy atom. The van der Waals surface area contributed by atoms with Crippen molar-refractivity contribution in [2.45, 2.75) is 44.8 Å². The number of hydrogen-bond acceptors (Lipinski definition) is 6. The van der Waals surface area contributed by atoms with Gasteiger partial charge in [0.2, 0.25) is 0 Å². The van der Waals surface area contributed by atoms with Crippen molar-refractivity contribution in [1.29, 1.82) is 0 Å². The number of hydrogen-bond donors (Lipinski definition) is 0. The minimum Gasteiger partial charge on any atom is -0.458 e. The molecule has 0 radical (unpaired) electrons. The first kappa shape index (κ1) is 30.6. The quantitative estimate of drug-likeness (QED) is 0.149. The zero-order chi connectivity index (χ0) is 32.0. The summed E-state index contributed by atoms with van der Waals surface area (Å²) in [4.78, 5) is 22.1. The molecule has 14 heteroatoms. The van der Waals surface area contributed by atoms with E-state index in [4.69, 9.17) is 4.74 Å². The van der Waals surface area contributed by atoms with E-state index in [1.54, 1.807) is 26.8 Å². The van der Waals surface area contributed by atoms with Gasteiger partial charge in [-0.3, -0.25) is 0 Å². The highest BCUT2D eigenvalue weighted by Gasteiger charge is 2.39. The van der Waals surface area contributed by atoms with Crippen molar-refractivity contribution >= 4 is 5.97 Å². The molecule has 5 rings (SSSR count). The van der Waals surface area contributed by atoms with E-state index in [0.29, 0.717) is 23.5 Å². The molecule has 3 aromatic rings. The van der Waals surface area contributed by atoms with Gasteiger partial charge in [-0.1, -0.05) is 18.2 Å². The van der Waals surface area contributed by atoms with E-state index in [2.05, 4.69) is 20.2 Å². The van der Waals surface area contributed by atoms with Crippen LogP contribution in [-0.4, -0.2) is 36.3 Å². The predicted octanol–water partition coefficient (Wildman–Crippen LogP) is 7.61. The third-order valence-corrected chi connectivity index (χ3v) is 6.33. The number of alkyl halides is 6. The lowest BCUT2D eigenvalue weighted by Gasteiger charge is -2.25. The van der Waals surface area contributed by atoms with Gasteiger partial charge in [-0.25, -0.2) is 19.2 Å². The molecule has 0 saturated heterocycles. The van der Waals surface area contributed by atoms with Crippen molar-refractivity contribution in [1.82, 2.24) is 24.7 Å². The zero-order valence-corrected chi connectivity index (χ0v) is 23.2. The Morgan fingerprint density at radius 2 is 1.50 bits per heavy atom. The number of benzene rings is 2. The molecule has 0 saturated carbocycles. The number of carbonyl (C=O) groups is 1. The summed E-state index contributed by atoms with van der Waals surface area (Å²) in [6, 6.07) is 9.71. The summed E-state index contributed by atoms with van der Waals surface area (Å²) < 4.78 is 102. The van der Waals surface area contributed by atoms with E-state index >= 15 is 0 Å². The molecule has 2 aliphatic rings. The summed E-state index contributed by atoms with van der Waals surface area (Å²) in [7, 11) is 0. The van der Waals surface area contributed by atoms with Gasteiger partial charge < -0.3 is 9.30 Å². The molecule has 0 bridgehead atoms. The van der Waals surface area contributed by atoms with E-state index in [9.17, 15) is 35.5 Å². The Labute approximate surface area is 245 Å². The number of carbonyl (C=O) groups excluding carboxylic acids is 1. The lowest BCUT2D eigenvalue weighted by molar-refractivity contribution is -0.157. The number of fused-ring (bicyclic) bond motifs is 1. The second kappa shape index (κ2) is 11.0. The lowest BCUT2D eigenvalue weighted by Crippen LogP contribution is -2.31. The summed E-state index contributed by atoms with van der Waals surface area (Å²) in [6.07, 6.45) is -7.18. The van der Waals surface area contributed by atoms with E-state index in [0.717, 1.165) is 6.07 Å². The molecule has 0 N–H and O–H groups in total. The highest BCUT2D eigenvalue weighted by atomic mass is 19.4. The molecule has 44 heavy (non-hydrogen) atoms. The molecule has 2 aliphatic heterocycles. The maximum Gasteiger partial charge on any atom is 0.417 e. The normalized spacial score (nSPS) is 13.2. The number of imidazole rings is 1. The largest absolute Gasteiger partial charge is 0.458 e. The average Bonchev–Trinajstić information content (AvgIpc) is 3.35. The van der Waals surface area contributed by atoms with Gasteiger partial charge in [-0.05, 0) is 63.2 Å². The van der Waals surface area contributed by atoms with Crippen LogP contribution >= 0.6 is 0 Å². The van der Waals surface area contributed by atoms with Gasteiger partial charge in [0.05, 0.1) is 33.8 Å². The van der Waals surface area contributed by atoms with Crippen LogP contribution in [0, 0.1) is 5.82 Å². The predicted molar refractivity (Wildman–Crippen MR) is 143 cm³/mol. The summed E-state index contributed by atoms with van der Waals surface area (Å²) >= 11 is 0. The number of rotatable bonds is 5. The third kappa shape index (κ3) is 6.38. The highest BCUT2D eigenvalue weighted by molar-refractivity contribution is 5.78. The summed E-state index contributed by atoms with van der Waals surface area (Å²) in [5.74, 6) is -1.20. The molecular weight excluding hydrogens is 595 g/mol. The fraction of sp³-hybridized carbons (Fsp3) is 0.233. The van der Waals surface area contributed by atoms with E-state index in [1.165, 1.54) is 47.3 Å². The van der Waals surface area contributed by atoms with Gasteiger partial charge in [0.25, 0.3) is 0 Å². The van der Waals surface area contributed by atoms with Gasteiger partial charge in [0.1, 0.15) is 17.1 Å². The van der Waals surface area contributed by atoms with Crippen LogP contribution in [0.15, 0.2) is 73.1 Å². The second-order valence-corrected chi connectivity index (χ2v) is 10.7. The van der Waals surface area contributed by atoms with Crippen LogP contribution in [0.4, 0.5) is 30.7 Å².